The molecule has 694 valence electrons. The molecule has 0 aromatic heterocycles. The Balaban J connectivity index is 1.92. The normalized spacial score (nSPS) is 25.2. The Morgan fingerprint density at radius 3 is 1.10 bits per heavy atom. The van der Waals surface area contributed by atoms with Crippen LogP contribution >= 0.6 is 7.82 Å². The molecule has 118 heavy (non-hydrogen) atoms. The fourth-order valence-corrected chi connectivity index (χ4v) is 16.9. The van der Waals surface area contributed by atoms with Crippen LogP contribution in [0.25, 0.3) is 0 Å². The zero-order chi connectivity index (χ0) is 86.2. The monoisotopic (exact) mass is 1710 g/mol. The highest BCUT2D eigenvalue weighted by molar-refractivity contribution is 7.47. The van der Waals surface area contributed by atoms with Crippen molar-refractivity contribution < 1.29 is 122 Å². The molecular formula is C92H171O25P. The first-order chi connectivity index (χ1) is 57.1. The topological polar surface area (TPSA) is 380 Å². The van der Waals surface area contributed by atoms with Gasteiger partial charge in [-0.15, -0.1) is 0 Å². The maximum atomic E-state index is 14.9. The van der Waals surface area contributed by atoms with E-state index in [4.69, 9.17) is 46.9 Å². The second-order valence-corrected chi connectivity index (χ2v) is 35.9. The van der Waals surface area contributed by atoms with Crippen molar-refractivity contribution in [3.8, 4) is 0 Å². The van der Waals surface area contributed by atoms with Gasteiger partial charge in [-0.2, -0.15) is 0 Å². The molecule has 19 atom stereocenters. The number of aliphatic hydroxyl groups excluding tert-OH is 9. The van der Waals surface area contributed by atoms with E-state index < -0.39 is 162 Å². The lowest BCUT2D eigenvalue weighted by Gasteiger charge is -2.50. The summed E-state index contributed by atoms with van der Waals surface area (Å²) in [6.45, 7) is 7.94. The smallest absolute Gasteiger partial charge is 0.463 e. The number of aliphatic hydroxyl groups is 9. The van der Waals surface area contributed by atoms with Gasteiger partial charge in [-0.25, -0.2) is 4.57 Å². The fourth-order valence-electron chi connectivity index (χ4n) is 16.0. The van der Waals surface area contributed by atoms with Crippen molar-refractivity contribution in [2.75, 3.05) is 26.4 Å². The standard InChI is InChI=1S/C92H171O25P/c1-6-10-14-18-22-25-28-31-33-36-38-41-44-51-58-64-76(95)109-70-74-80(99)82(101)86(105)92(113-74)116-89-87(114-78(97)66-60-54-46-43-40-37-34-32-29-26-23-19-15-11-7-2)83(102)84(103)88(115-91-85(104)81(100)79(98)73(67-93)112-91)90(89)117-118(106,107)110-69-72(111-77(96)65-59-53-45-42-39-35-30-27-24-20-16-12-8-3)68-108-75(94)63-57-52-48-47-50-56-62-71(5)61-55-49-21-17-13-9-4/h26,29,71-74,79-93,98-105H,6-25,27-28,30-70H2,1-5H3,(H,106,107)/b29-26-. The van der Waals surface area contributed by atoms with Crippen LogP contribution in [0, 0.1) is 5.92 Å². The van der Waals surface area contributed by atoms with E-state index >= 15 is 0 Å². The number of hydrogen-bond donors (Lipinski definition) is 10. The first kappa shape index (κ1) is 109. The molecule has 0 bridgehead atoms. The van der Waals surface area contributed by atoms with E-state index in [9.17, 15) is 74.6 Å². The van der Waals surface area contributed by atoms with Gasteiger partial charge in [0.25, 0.3) is 0 Å². The number of phosphoric ester groups is 1. The van der Waals surface area contributed by atoms with E-state index in [2.05, 4.69) is 46.8 Å². The third-order valence-corrected chi connectivity index (χ3v) is 24.7. The molecule has 0 aromatic carbocycles. The number of ether oxygens (including phenoxy) is 8. The molecule has 10 N–H and O–H groups in total. The van der Waals surface area contributed by atoms with Gasteiger partial charge < -0.3 is 88.7 Å². The SMILES string of the molecule is CCCCCC/C=C\CCCCCCCCCC(=O)OC1C(O)C(O)C(OC2OC(CO)C(O)C(O)C2O)C(OP(=O)(O)OCC(COC(=O)CCCCCCCCC(C)CCCCCCCC)OC(=O)CCCCCCCCCCCCCCC)C1OC1OC(COC(=O)CCCCCCCCCCCCCCCCC)C(O)C(O)C1O. The van der Waals surface area contributed by atoms with E-state index in [1.807, 2.05) is 0 Å². The number of hydrogen-bond acceptors (Lipinski definition) is 24. The van der Waals surface area contributed by atoms with Gasteiger partial charge >= 0.3 is 31.7 Å². The summed E-state index contributed by atoms with van der Waals surface area (Å²) < 4.78 is 73.5. The van der Waals surface area contributed by atoms with Gasteiger partial charge in [-0.1, -0.05) is 349 Å². The van der Waals surface area contributed by atoms with Crippen LogP contribution in [0.3, 0.4) is 0 Å². The van der Waals surface area contributed by atoms with Crippen molar-refractivity contribution in [3.63, 3.8) is 0 Å². The molecule has 3 rings (SSSR count). The number of carbonyl (C=O) groups excluding carboxylic acids is 4. The molecule has 1 saturated carbocycles. The van der Waals surface area contributed by atoms with Gasteiger partial charge in [-0.05, 0) is 57.3 Å². The van der Waals surface area contributed by atoms with E-state index in [0.717, 1.165) is 141 Å². The number of allylic oxidation sites excluding steroid dienone is 2. The minimum atomic E-state index is -5.81. The number of rotatable bonds is 77. The summed E-state index contributed by atoms with van der Waals surface area (Å²) in [6.07, 6.45) is 27.7. The highest BCUT2D eigenvalue weighted by Crippen LogP contribution is 2.49. The lowest BCUT2D eigenvalue weighted by Crippen LogP contribution is -2.70. The van der Waals surface area contributed by atoms with Gasteiger partial charge in [0.05, 0.1) is 13.2 Å². The summed E-state index contributed by atoms with van der Waals surface area (Å²) in [5.74, 6) is -2.27. The Morgan fingerprint density at radius 2 is 0.686 bits per heavy atom. The molecule has 1 aliphatic carbocycles. The lowest BCUT2D eigenvalue weighted by atomic mass is 9.84. The first-order valence-electron chi connectivity index (χ1n) is 47.8. The summed E-state index contributed by atoms with van der Waals surface area (Å²) in [5, 5.41) is 102. The van der Waals surface area contributed by atoms with Crippen LogP contribution in [0.5, 0.6) is 0 Å². The minimum Gasteiger partial charge on any atom is -0.463 e. The van der Waals surface area contributed by atoms with Gasteiger partial charge in [0.15, 0.2) is 24.8 Å². The zero-order valence-electron chi connectivity index (χ0n) is 74.1. The molecule has 19 unspecified atom stereocenters. The largest absolute Gasteiger partial charge is 0.472 e. The van der Waals surface area contributed by atoms with Crippen LogP contribution in [0.15, 0.2) is 12.2 Å². The lowest BCUT2D eigenvalue weighted by molar-refractivity contribution is -0.360. The van der Waals surface area contributed by atoms with Crippen LogP contribution in [0.4, 0.5) is 0 Å². The Morgan fingerprint density at radius 1 is 0.356 bits per heavy atom. The molecule has 3 aliphatic rings. The van der Waals surface area contributed by atoms with Crippen molar-refractivity contribution in [2.24, 2.45) is 5.92 Å². The average molecular weight is 1710 g/mol. The van der Waals surface area contributed by atoms with Gasteiger partial charge in [0.1, 0.15) is 92.6 Å². The maximum Gasteiger partial charge on any atom is 0.472 e. The summed E-state index contributed by atoms with van der Waals surface area (Å²) in [6, 6.07) is 0. The third-order valence-electron chi connectivity index (χ3n) is 23.7. The van der Waals surface area contributed by atoms with E-state index in [1.165, 1.54) is 180 Å². The van der Waals surface area contributed by atoms with Gasteiger partial charge in [0, 0.05) is 25.7 Å². The molecule has 25 nitrogen and oxygen atoms in total. The summed E-state index contributed by atoms with van der Waals surface area (Å²) in [4.78, 5) is 66.5. The highest BCUT2D eigenvalue weighted by atomic mass is 31.2. The van der Waals surface area contributed by atoms with Crippen LogP contribution in [0.2, 0.25) is 0 Å². The molecule has 0 spiro atoms. The number of esters is 4. The van der Waals surface area contributed by atoms with Crippen molar-refractivity contribution >= 4 is 31.7 Å². The average Bonchev–Trinajstić information content (AvgIpc) is 0.755. The number of phosphoric acid groups is 1. The number of unbranched alkanes of at least 4 members (excludes halogenated alkanes) is 47. The molecule has 26 heteroatoms. The minimum absolute atomic E-state index is 0.0179. The molecule has 2 heterocycles. The van der Waals surface area contributed by atoms with E-state index in [-0.39, 0.29) is 25.7 Å². The summed E-state index contributed by atoms with van der Waals surface area (Å²) in [5.41, 5.74) is 0. The Labute approximate surface area is 712 Å². The summed E-state index contributed by atoms with van der Waals surface area (Å²) >= 11 is 0. The molecule has 3 fully saturated rings. The van der Waals surface area contributed by atoms with Gasteiger partial charge in [-0.3, -0.25) is 28.2 Å². The van der Waals surface area contributed by atoms with Crippen molar-refractivity contribution in [2.45, 2.75) is 518 Å². The van der Waals surface area contributed by atoms with Gasteiger partial charge in [0.2, 0.25) is 0 Å². The van der Waals surface area contributed by atoms with E-state index in [1.54, 1.807) is 0 Å². The molecule has 0 radical (unpaired) electrons. The quantitative estimate of drug-likeness (QED) is 0.00889. The predicted molar refractivity (Wildman–Crippen MR) is 458 cm³/mol. The van der Waals surface area contributed by atoms with Crippen LogP contribution in [-0.4, -0.2) is 205 Å². The first-order valence-corrected chi connectivity index (χ1v) is 49.3. The molecule has 2 saturated heterocycles. The molecule has 0 amide bonds. The predicted octanol–water partition coefficient (Wildman–Crippen LogP) is 17.8. The fraction of sp³-hybridized carbons (Fsp3) is 0.935. The second kappa shape index (κ2) is 70.4. The second-order valence-electron chi connectivity index (χ2n) is 34.5. The van der Waals surface area contributed by atoms with E-state index in [0.29, 0.717) is 38.0 Å². The zero-order valence-corrected chi connectivity index (χ0v) is 75.0. The number of carbonyl (C=O) groups is 4. The Hall–Kier alpha value is -2.79. The van der Waals surface area contributed by atoms with Crippen LogP contribution in [0.1, 0.15) is 413 Å². The maximum absolute atomic E-state index is 14.9. The molecule has 2 aliphatic heterocycles. The van der Waals surface area contributed by atoms with Crippen LogP contribution in [-0.2, 0) is 70.7 Å². The summed E-state index contributed by atoms with van der Waals surface area (Å²) in [7, 11) is -5.81. The van der Waals surface area contributed by atoms with Crippen molar-refractivity contribution in [1.29, 1.82) is 0 Å². The molecule has 0 aromatic rings. The van der Waals surface area contributed by atoms with Crippen LogP contribution < -0.4 is 0 Å². The van der Waals surface area contributed by atoms with Crippen molar-refractivity contribution in [3.05, 3.63) is 12.2 Å². The molecular weight excluding hydrogens is 1540 g/mol. The third kappa shape index (κ3) is 50.4. The van der Waals surface area contributed by atoms with Crippen molar-refractivity contribution in [1.82, 2.24) is 0 Å². The Bertz CT molecular complexity index is 2520. The highest BCUT2D eigenvalue weighted by Gasteiger charge is 2.60. The Kier molecular flexibility index (Phi) is 65.2.